The third kappa shape index (κ3) is 4.90. The molecular formula is C12H18N2O4. The molecule has 0 saturated heterocycles. The van der Waals surface area contributed by atoms with Crippen LogP contribution in [0, 0.1) is 0 Å². The maximum atomic E-state index is 11.6. The highest BCUT2D eigenvalue weighted by atomic mass is 16.4. The van der Waals surface area contributed by atoms with E-state index in [2.05, 4.69) is 10.6 Å². The summed E-state index contributed by atoms with van der Waals surface area (Å²) < 4.78 is 5.16. The lowest BCUT2D eigenvalue weighted by atomic mass is 10.2. The smallest absolute Gasteiger partial charge is 0.315 e. The number of amides is 2. The molecule has 3 N–H and O–H groups in total. The number of hydrogen-bond acceptors (Lipinski definition) is 3. The maximum absolute atomic E-state index is 11.6. The molecule has 1 rings (SSSR count). The largest absolute Gasteiger partial charge is 0.481 e. The molecule has 0 fully saturated rings. The van der Waals surface area contributed by atoms with Gasteiger partial charge in [0, 0.05) is 12.5 Å². The average molecular weight is 254 g/mol. The first-order valence-corrected chi connectivity index (χ1v) is 5.81. The van der Waals surface area contributed by atoms with E-state index in [1.54, 1.807) is 32.2 Å². The second kappa shape index (κ2) is 6.68. The summed E-state index contributed by atoms with van der Waals surface area (Å²) in [6.07, 6.45) is 1.98. The second-order valence-corrected chi connectivity index (χ2v) is 4.19. The third-order valence-corrected chi connectivity index (χ3v) is 2.49. The van der Waals surface area contributed by atoms with Crippen LogP contribution in [0.1, 0.15) is 38.5 Å². The van der Waals surface area contributed by atoms with Gasteiger partial charge in [-0.15, -0.1) is 0 Å². The molecule has 100 valence electrons. The standard InChI is InChI=1S/C12H18N2O4/c1-8(5-6-11(15)16)13-12(17)14-9(2)10-4-3-7-18-10/h3-4,7-9H,5-6H2,1-2H3,(H,15,16)(H2,13,14,17). The van der Waals surface area contributed by atoms with Crippen LogP contribution in [0.4, 0.5) is 4.79 Å². The van der Waals surface area contributed by atoms with Gasteiger partial charge < -0.3 is 20.2 Å². The summed E-state index contributed by atoms with van der Waals surface area (Å²) in [5.74, 6) is -0.198. The summed E-state index contributed by atoms with van der Waals surface area (Å²) in [5, 5.41) is 13.9. The van der Waals surface area contributed by atoms with Crippen molar-refractivity contribution >= 4 is 12.0 Å². The Morgan fingerprint density at radius 1 is 1.39 bits per heavy atom. The summed E-state index contributed by atoms with van der Waals surface area (Å²) in [6, 6.07) is 2.77. The van der Waals surface area contributed by atoms with Gasteiger partial charge in [0.1, 0.15) is 5.76 Å². The molecule has 1 aromatic rings. The molecule has 18 heavy (non-hydrogen) atoms. The van der Waals surface area contributed by atoms with E-state index in [1.807, 2.05) is 0 Å². The molecule has 0 radical (unpaired) electrons. The maximum Gasteiger partial charge on any atom is 0.315 e. The molecule has 2 atom stereocenters. The number of hydrogen-bond donors (Lipinski definition) is 3. The van der Waals surface area contributed by atoms with E-state index >= 15 is 0 Å². The van der Waals surface area contributed by atoms with E-state index < -0.39 is 5.97 Å². The summed E-state index contributed by atoms with van der Waals surface area (Å²) in [4.78, 5) is 22.0. The molecule has 1 heterocycles. The number of aliphatic carboxylic acids is 1. The van der Waals surface area contributed by atoms with E-state index in [0.29, 0.717) is 12.2 Å². The predicted octanol–water partition coefficient (Wildman–Crippen LogP) is 1.89. The van der Waals surface area contributed by atoms with Crippen LogP contribution in [0.15, 0.2) is 22.8 Å². The minimum Gasteiger partial charge on any atom is -0.481 e. The van der Waals surface area contributed by atoms with Crippen molar-refractivity contribution in [3.63, 3.8) is 0 Å². The number of carboxylic acid groups (broad SMARTS) is 1. The highest BCUT2D eigenvalue weighted by molar-refractivity contribution is 5.74. The Bertz CT molecular complexity index is 389. The Labute approximate surface area is 105 Å². The first-order valence-electron chi connectivity index (χ1n) is 5.81. The van der Waals surface area contributed by atoms with E-state index in [-0.39, 0.29) is 24.5 Å². The normalized spacial score (nSPS) is 13.7. The molecule has 0 aliphatic heterocycles. The predicted molar refractivity (Wildman–Crippen MR) is 65.1 cm³/mol. The van der Waals surface area contributed by atoms with Gasteiger partial charge >= 0.3 is 12.0 Å². The number of furan rings is 1. The Kier molecular flexibility index (Phi) is 5.23. The van der Waals surface area contributed by atoms with Crippen molar-refractivity contribution in [2.24, 2.45) is 0 Å². The van der Waals surface area contributed by atoms with Gasteiger partial charge in [-0.05, 0) is 32.4 Å². The minimum absolute atomic E-state index is 0.0369. The average Bonchev–Trinajstić information content (AvgIpc) is 2.79. The number of carboxylic acids is 1. The highest BCUT2D eigenvalue weighted by Crippen LogP contribution is 2.11. The number of rotatable bonds is 6. The van der Waals surface area contributed by atoms with Crippen molar-refractivity contribution in [3.05, 3.63) is 24.2 Å². The lowest BCUT2D eigenvalue weighted by Gasteiger charge is -2.16. The molecule has 1 aromatic heterocycles. The quantitative estimate of drug-likeness (QED) is 0.723. The van der Waals surface area contributed by atoms with Crippen LogP contribution in [0.25, 0.3) is 0 Å². The van der Waals surface area contributed by atoms with Gasteiger partial charge in [-0.25, -0.2) is 4.79 Å². The molecule has 0 spiro atoms. The zero-order valence-electron chi connectivity index (χ0n) is 10.5. The first-order chi connectivity index (χ1) is 8.49. The molecule has 6 heteroatoms. The van der Waals surface area contributed by atoms with E-state index in [9.17, 15) is 9.59 Å². The lowest BCUT2D eigenvalue weighted by molar-refractivity contribution is -0.137. The molecule has 0 aliphatic rings. The van der Waals surface area contributed by atoms with E-state index in [4.69, 9.17) is 9.52 Å². The number of carbonyl (C=O) groups excluding carboxylic acids is 1. The Morgan fingerprint density at radius 2 is 2.11 bits per heavy atom. The Hall–Kier alpha value is -1.98. The molecule has 2 unspecified atom stereocenters. The third-order valence-electron chi connectivity index (χ3n) is 2.49. The van der Waals surface area contributed by atoms with Crippen LogP contribution in [0.3, 0.4) is 0 Å². The lowest BCUT2D eigenvalue weighted by Crippen LogP contribution is -2.41. The van der Waals surface area contributed by atoms with Gasteiger partial charge in [-0.2, -0.15) is 0 Å². The van der Waals surface area contributed by atoms with Crippen LogP contribution < -0.4 is 10.6 Å². The summed E-state index contributed by atoms with van der Waals surface area (Å²) in [6.45, 7) is 3.57. The van der Waals surface area contributed by atoms with Gasteiger partial charge in [0.2, 0.25) is 0 Å². The summed E-state index contributed by atoms with van der Waals surface area (Å²) in [7, 11) is 0. The van der Waals surface area contributed by atoms with Crippen LogP contribution in [0.5, 0.6) is 0 Å². The van der Waals surface area contributed by atoms with E-state index in [1.165, 1.54) is 0 Å². The molecule has 2 amide bonds. The molecule has 0 bridgehead atoms. The molecule has 0 aromatic carbocycles. The minimum atomic E-state index is -0.868. The summed E-state index contributed by atoms with van der Waals surface area (Å²) >= 11 is 0. The first kappa shape index (κ1) is 14.1. The van der Waals surface area contributed by atoms with Gasteiger partial charge in [0.15, 0.2) is 0 Å². The van der Waals surface area contributed by atoms with Gasteiger partial charge in [-0.3, -0.25) is 4.79 Å². The van der Waals surface area contributed by atoms with Crippen molar-refractivity contribution in [1.82, 2.24) is 10.6 Å². The Balaban J connectivity index is 2.30. The van der Waals surface area contributed by atoms with Gasteiger partial charge in [0.25, 0.3) is 0 Å². The fourth-order valence-electron chi connectivity index (χ4n) is 1.48. The van der Waals surface area contributed by atoms with Crippen molar-refractivity contribution in [1.29, 1.82) is 0 Å². The molecule has 0 saturated carbocycles. The fraction of sp³-hybridized carbons (Fsp3) is 0.500. The Morgan fingerprint density at radius 3 is 2.67 bits per heavy atom. The fourth-order valence-corrected chi connectivity index (χ4v) is 1.48. The van der Waals surface area contributed by atoms with Crippen LogP contribution in [0.2, 0.25) is 0 Å². The van der Waals surface area contributed by atoms with Gasteiger partial charge in [-0.1, -0.05) is 0 Å². The van der Waals surface area contributed by atoms with Crippen molar-refractivity contribution in [2.45, 2.75) is 38.8 Å². The van der Waals surface area contributed by atoms with Crippen LogP contribution >= 0.6 is 0 Å². The van der Waals surface area contributed by atoms with E-state index in [0.717, 1.165) is 0 Å². The van der Waals surface area contributed by atoms with Crippen LogP contribution in [-0.4, -0.2) is 23.1 Å². The number of carbonyl (C=O) groups is 2. The molecular weight excluding hydrogens is 236 g/mol. The zero-order valence-corrected chi connectivity index (χ0v) is 10.5. The van der Waals surface area contributed by atoms with Crippen molar-refractivity contribution < 1.29 is 19.1 Å². The zero-order chi connectivity index (χ0) is 13.5. The number of urea groups is 1. The highest BCUT2D eigenvalue weighted by Gasteiger charge is 2.13. The SMILES string of the molecule is CC(CCC(=O)O)NC(=O)NC(C)c1ccco1. The monoisotopic (exact) mass is 254 g/mol. The van der Waals surface area contributed by atoms with Crippen molar-refractivity contribution in [2.75, 3.05) is 0 Å². The second-order valence-electron chi connectivity index (χ2n) is 4.19. The molecule has 6 nitrogen and oxygen atoms in total. The topological polar surface area (TPSA) is 91.6 Å². The van der Waals surface area contributed by atoms with Crippen LogP contribution in [-0.2, 0) is 4.79 Å². The summed E-state index contributed by atoms with van der Waals surface area (Å²) in [5.41, 5.74) is 0. The molecule has 0 aliphatic carbocycles. The van der Waals surface area contributed by atoms with Crippen molar-refractivity contribution in [3.8, 4) is 0 Å². The number of nitrogens with one attached hydrogen (secondary N) is 2. The van der Waals surface area contributed by atoms with Gasteiger partial charge in [0.05, 0.1) is 12.3 Å².